The van der Waals surface area contributed by atoms with E-state index in [1.807, 2.05) is 0 Å². The van der Waals surface area contributed by atoms with Crippen LogP contribution in [-0.2, 0) is 22.4 Å². The Hall–Kier alpha value is -6.10. The van der Waals surface area contributed by atoms with Gasteiger partial charge in [-0.15, -0.1) is 0 Å². The maximum atomic E-state index is 13.4. The first-order valence-corrected chi connectivity index (χ1v) is 13.8. The van der Waals surface area contributed by atoms with Crippen LogP contribution >= 0.6 is 0 Å². The zero-order valence-electron chi connectivity index (χ0n) is 23.5. The van der Waals surface area contributed by atoms with Crippen LogP contribution in [0.3, 0.4) is 0 Å². The molecule has 0 amide bonds. The molecule has 224 valence electrons. The van der Waals surface area contributed by atoms with Crippen molar-refractivity contribution in [2.45, 2.75) is 26.1 Å². The number of hydrogen-bond donors (Lipinski definition) is 2. The standard InChI is InChI=1S/C34H22O11/c1-16(35)41-34-23-13-20(12-18-14-29(39)44-32-21(18)4-2-6-25(32)37)33(40)45-31(23)22-11-17(8-9-26(22)43-34)10-19-15-28(38)42-27-7-3-5-24(36)30(19)27/h2-9,11,13-15,34,36-37H,10,12H2,1H3. The molecule has 6 aromatic rings. The van der Waals surface area contributed by atoms with Gasteiger partial charge in [0.15, 0.2) is 17.1 Å². The molecule has 45 heavy (non-hydrogen) atoms. The molecule has 11 heteroatoms. The van der Waals surface area contributed by atoms with Crippen LogP contribution in [0, 0.1) is 0 Å². The zero-order valence-corrected chi connectivity index (χ0v) is 23.5. The number of ether oxygens (including phenoxy) is 2. The monoisotopic (exact) mass is 606 g/mol. The molecule has 1 atom stereocenters. The summed E-state index contributed by atoms with van der Waals surface area (Å²) < 4.78 is 27.7. The number of fused-ring (bicyclic) bond motifs is 5. The number of benzene rings is 3. The summed E-state index contributed by atoms with van der Waals surface area (Å²) in [4.78, 5) is 49.9. The number of carbonyl (C=O) groups excluding carboxylic acids is 1. The van der Waals surface area contributed by atoms with E-state index in [1.165, 1.54) is 37.3 Å². The van der Waals surface area contributed by atoms with E-state index in [9.17, 15) is 29.4 Å². The molecule has 0 spiro atoms. The highest BCUT2D eigenvalue weighted by Crippen LogP contribution is 2.44. The highest BCUT2D eigenvalue weighted by molar-refractivity contribution is 5.87. The Kier molecular flexibility index (Phi) is 6.51. The number of esters is 1. The number of aromatic hydroxyl groups is 2. The largest absolute Gasteiger partial charge is 0.507 e. The fraction of sp³-hybridized carbons (Fsp3) is 0.118. The molecular weight excluding hydrogens is 584 g/mol. The summed E-state index contributed by atoms with van der Waals surface area (Å²) in [5.74, 6) is -0.487. The Bertz CT molecular complexity index is 2360. The average molecular weight is 607 g/mol. The lowest BCUT2D eigenvalue weighted by molar-refractivity contribution is -0.162. The normalized spacial score (nSPS) is 13.7. The van der Waals surface area contributed by atoms with Crippen LogP contribution in [0.1, 0.15) is 41.0 Å². The second-order valence-corrected chi connectivity index (χ2v) is 10.6. The third kappa shape index (κ3) is 4.99. The van der Waals surface area contributed by atoms with E-state index in [0.717, 1.165) is 0 Å². The van der Waals surface area contributed by atoms with Gasteiger partial charge in [-0.1, -0.05) is 24.3 Å². The summed E-state index contributed by atoms with van der Waals surface area (Å²) in [7, 11) is 0. The summed E-state index contributed by atoms with van der Waals surface area (Å²) in [5.41, 5.74) is 0.690. The first-order chi connectivity index (χ1) is 21.6. The summed E-state index contributed by atoms with van der Waals surface area (Å²) in [6, 6.07) is 18.4. The van der Waals surface area contributed by atoms with Crippen molar-refractivity contribution in [3.05, 3.63) is 132 Å². The molecule has 1 aliphatic rings. The van der Waals surface area contributed by atoms with Crippen molar-refractivity contribution in [1.82, 2.24) is 0 Å². The Balaban J connectivity index is 1.33. The summed E-state index contributed by atoms with van der Waals surface area (Å²) >= 11 is 0. The van der Waals surface area contributed by atoms with Crippen LogP contribution in [0.5, 0.6) is 17.2 Å². The molecule has 4 heterocycles. The second kappa shape index (κ2) is 10.6. The molecule has 1 aliphatic heterocycles. The summed E-state index contributed by atoms with van der Waals surface area (Å²) in [5, 5.41) is 21.5. The van der Waals surface area contributed by atoms with Crippen LogP contribution in [0.25, 0.3) is 33.3 Å². The minimum Gasteiger partial charge on any atom is -0.507 e. The van der Waals surface area contributed by atoms with Gasteiger partial charge in [0.1, 0.15) is 17.1 Å². The van der Waals surface area contributed by atoms with E-state index in [4.69, 9.17) is 22.7 Å². The Morgan fingerprint density at radius 1 is 0.800 bits per heavy atom. The van der Waals surface area contributed by atoms with Crippen LogP contribution < -0.4 is 21.6 Å². The van der Waals surface area contributed by atoms with Gasteiger partial charge in [0.2, 0.25) is 0 Å². The molecule has 0 saturated carbocycles. The number of phenolic OH excluding ortho intramolecular Hbond substituents is 2. The van der Waals surface area contributed by atoms with Crippen molar-refractivity contribution in [2.24, 2.45) is 0 Å². The lowest BCUT2D eigenvalue weighted by Gasteiger charge is -2.27. The molecule has 2 N–H and O–H groups in total. The molecule has 0 saturated heterocycles. The number of carbonyl (C=O) groups is 1. The van der Waals surface area contributed by atoms with E-state index in [2.05, 4.69) is 0 Å². The smallest absolute Gasteiger partial charge is 0.339 e. The molecule has 3 aromatic carbocycles. The van der Waals surface area contributed by atoms with Gasteiger partial charge in [0, 0.05) is 36.4 Å². The van der Waals surface area contributed by atoms with Crippen molar-refractivity contribution in [3.63, 3.8) is 0 Å². The Labute approximate surface area is 252 Å². The lowest BCUT2D eigenvalue weighted by atomic mass is 9.95. The third-order valence-electron chi connectivity index (χ3n) is 7.54. The zero-order chi connectivity index (χ0) is 31.4. The predicted octanol–water partition coefficient (Wildman–Crippen LogP) is 5.07. The number of rotatable bonds is 5. The highest BCUT2D eigenvalue weighted by Gasteiger charge is 2.32. The number of para-hydroxylation sites is 1. The van der Waals surface area contributed by atoms with E-state index in [-0.39, 0.29) is 58.1 Å². The Morgan fingerprint density at radius 2 is 1.56 bits per heavy atom. The summed E-state index contributed by atoms with van der Waals surface area (Å²) in [6.07, 6.45) is -1.08. The number of hydrogen-bond acceptors (Lipinski definition) is 11. The molecule has 0 fully saturated rings. The lowest BCUT2D eigenvalue weighted by Crippen LogP contribution is -2.22. The van der Waals surface area contributed by atoms with Crippen LogP contribution in [-0.4, -0.2) is 16.2 Å². The van der Waals surface area contributed by atoms with Gasteiger partial charge in [-0.25, -0.2) is 14.4 Å². The van der Waals surface area contributed by atoms with Gasteiger partial charge < -0.3 is 32.9 Å². The minimum atomic E-state index is -1.24. The first-order valence-electron chi connectivity index (χ1n) is 13.8. The quantitative estimate of drug-likeness (QED) is 0.199. The van der Waals surface area contributed by atoms with Gasteiger partial charge in [0.25, 0.3) is 6.29 Å². The molecule has 11 nitrogen and oxygen atoms in total. The van der Waals surface area contributed by atoms with Gasteiger partial charge in [-0.05, 0) is 59.5 Å². The van der Waals surface area contributed by atoms with Crippen molar-refractivity contribution < 1.29 is 37.7 Å². The molecule has 7 rings (SSSR count). The fourth-order valence-electron chi connectivity index (χ4n) is 5.65. The van der Waals surface area contributed by atoms with Gasteiger partial charge >= 0.3 is 22.8 Å². The molecular formula is C34H22O11. The van der Waals surface area contributed by atoms with E-state index in [1.54, 1.807) is 42.5 Å². The fourth-order valence-corrected chi connectivity index (χ4v) is 5.65. The minimum absolute atomic E-state index is 0.0118. The van der Waals surface area contributed by atoms with E-state index >= 15 is 0 Å². The third-order valence-corrected chi connectivity index (χ3v) is 7.54. The second-order valence-electron chi connectivity index (χ2n) is 10.6. The topological polar surface area (TPSA) is 167 Å². The molecule has 0 aliphatic carbocycles. The average Bonchev–Trinajstić information content (AvgIpc) is 2.98. The Morgan fingerprint density at radius 3 is 2.38 bits per heavy atom. The summed E-state index contributed by atoms with van der Waals surface area (Å²) in [6.45, 7) is 1.22. The van der Waals surface area contributed by atoms with Gasteiger partial charge in [-0.3, -0.25) is 4.79 Å². The maximum Gasteiger partial charge on any atom is 0.339 e. The predicted molar refractivity (Wildman–Crippen MR) is 159 cm³/mol. The van der Waals surface area contributed by atoms with Crippen molar-refractivity contribution in [1.29, 1.82) is 0 Å². The first kappa shape index (κ1) is 27.7. The van der Waals surface area contributed by atoms with Crippen LogP contribution in [0.15, 0.2) is 100 Å². The van der Waals surface area contributed by atoms with Gasteiger partial charge in [0.05, 0.1) is 16.5 Å². The van der Waals surface area contributed by atoms with Crippen LogP contribution in [0.2, 0.25) is 0 Å². The highest BCUT2D eigenvalue weighted by atomic mass is 16.7. The van der Waals surface area contributed by atoms with Gasteiger partial charge in [-0.2, -0.15) is 0 Å². The molecule has 0 bridgehead atoms. The molecule has 0 radical (unpaired) electrons. The SMILES string of the molecule is CC(=O)OC1Oc2ccc(Cc3cc(=O)oc4cccc(O)c34)cc2-c2oc(=O)c(Cc3cc(=O)oc4c(O)cccc34)cc21. The van der Waals surface area contributed by atoms with Crippen molar-refractivity contribution >= 4 is 27.9 Å². The maximum absolute atomic E-state index is 13.4. The van der Waals surface area contributed by atoms with E-state index < -0.39 is 29.1 Å². The molecule has 1 unspecified atom stereocenters. The molecule has 3 aromatic heterocycles. The van der Waals surface area contributed by atoms with Crippen molar-refractivity contribution in [3.8, 4) is 28.6 Å². The van der Waals surface area contributed by atoms with Crippen LogP contribution in [0.4, 0.5) is 0 Å². The number of phenols is 2. The van der Waals surface area contributed by atoms with E-state index in [0.29, 0.717) is 33.0 Å². The van der Waals surface area contributed by atoms with Crippen molar-refractivity contribution in [2.75, 3.05) is 0 Å².